The minimum Gasteiger partial charge on any atom is -0.481 e. The molecule has 0 saturated carbocycles. The average Bonchev–Trinajstić information content (AvgIpc) is 2.83. The number of carbonyl (C=O) groups is 2. The molecule has 1 aliphatic rings. The number of nitrogens with zero attached hydrogens (tertiary/aromatic N) is 1. The van der Waals surface area contributed by atoms with E-state index >= 15 is 0 Å². The van der Waals surface area contributed by atoms with Gasteiger partial charge in [0.2, 0.25) is 5.91 Å². The Hall–Kier alpha value is -1.78. The molecule has 86 valence electrons. The van der Waals surface area contributed by atoms with Crippen molar-refractivity contribution in [3.63, 3.8) is 0 Å². The van der Waals surface area contributed by atoms with Gasteiger partial charge in [-0.15, -0.1) is 0 Å². The van der Waals surface area contributed by atoms with Crippen LogP contribution < -0.4 is 0 Å². The molecule has 1 amide bonds. The standard InChI is InChI=1S/C11H13NO4/c1-2-12-9(13)6-7(11(14)15)10(12)8-4-3-5-16-8/h3-5,7,10H,2,6H2,1H3,(H,14,15). The Labute approximate surface area is 92.7 Å². The van der Waals surface area contributed by atoms with Crippen LogP contribution in [-0.4, -0.2) is 28.4 Å². The van der Waals surface area contributed by atoms with Gasteiger partial charge in [-0.1, -0.05) is 0 Å². The van der Waals surface area contributed by atoms with Crippen molar-refractivity contribution in [1.82, 2.24) is 4.90 Å². The maximum absolute atomic E-state index is 11.6. The lowest BCUT2D eigenvalue weighted by molar-refractivity contribution is -0.142. The molecule has 2 rings (SSSR count). The molecule has 0 bridgehead atoms. The van der Waals surface area contributed by atoms with Crippen LogP contribution in [0.2, 0.25) is 0 Å². The van der Waals surface area contributed by atoms with Crippen LogP contribution in [0.3, 0.4) is 0 Å². The number of rotatable bonds is 3. The van der Waals surface area contributed by atoms with Gasteiger partial charge in [0.25, 0.3) is 0 Å². The van der Waals surface area contributed by atoms with E-state index in [1.807, 2.05) is 6.92 Å². The molecule has 1 N–H and O–H groups in total. The fraction of sp³-hybridized carbons (Fsp3) is 0.455. The highest BCUT2D eigenvalue weighted by Gasteiger charge is 2.45. The second-order valence-electron chi connectivity index (χ2n) is 3.79. The number of amides is 1. The van der Waals surface area contributed by atoms with Crippen molar-refractivity contribution in [2.75, 3.05) is 6.54 Å². The monoisotopic (exact) mass is 223 g/mol. The number of aliphatic carboxylic acids is 1. The number of hydrogen-bond donors (Lipinski definition) is 1. The number of hydrogen-bond acceptors (Lipinski definition) is 3. The molecule has 2 unspecified atom stereocenters. The molecule has 2 heterocycles. The van der Waals surface area contributed by atoms with Gasteiger partial charge in [-0.2, -0.15) is 0 Å². The summed E-state index contributed by atoms with van der Waals surface area (Å²) < 4.78 is 5.22. The molecule has 0 radical (unpaired) electrons. The molecule has 16 heavy (non-hydrogen) atoms. The van der Waals surface area contributed by atoms with Crippen LogP contribution in [0.4, 0.5) is 0 Å². The second kappa shape index (κ2) is 4.00. The van der Waals surface area contributed by atoms with E-state index in [0.717, 1.165) is 0 Å². The normalized spacial score (nSPS) is 25.1. The Balaban J connectivity index is 2.36. The first-order valence-corrected chi connectivity index (χ1v) is 5.20. The predicted molar refractivity (Wildman–Crippen MR) is 54.6 cm³/mol. The molecular formula is C11H13NO4. The number of carbonyl (C=O) groups excluding carboxylic acids is 1. The van der Waals surface area contributed by atoms with Gasteiger partial charge in [0, 0.05) is 13.0 Å². The Morgan fingerprint density at radius 1 is 1.69 bits per heavy atom. The topological polar surface area (TPSA) is 70.8 Å². The van der Waals surface area contributed by atoms with Gasteiger partial charge in [-0.25, -0.2) is 0 Å². The Bertz CT molecular complexity index is 398. The van der Waals surface area contributed by atoms with E-state index in [2.05, 4.69) is 0 Å². The molecule has 0 spiro atoms. The lowest BCUT2D eigenvalue weighted by Gasteiger charge is -2.23. The van der Waals surface area contributed by atoms with Crippen LogP contribution in [0.5, 0.6) is 0 Å². The van der Waals surface area contributed by atoms with Crippen LogP contribution in [0, 0.1) is 5.92 Å². The van der Waals surface area contributed by atoms with Crippen molar-refractivity contribution in [2.24, 2.45) is 5.92 Å². The molecule has 1 fully saturated rings. The molecule has 2 atom stereocenters. The van der Waals surface area contributed by atoms with E-state index < -0.39 is 17.9 Å². The molecule has 1 aliphatic heterocycles. The summed E-state index contributed by atoms with van der Waals surface area (Å²) in [6.07, 6.45) is 1.54. The molecular weight excluding hydrogens is 210 g/mol. The third-order valence-electron chi connectivity index (χ3n) is 2.92. The van der Waals surface area contributed by atoms with E-state index in [-0.39, 0.29) is 12.3 Å². The fourth-order valence-corrected chi connectivity index (χ4v) is 2.20. The van der Waals surface area contributed by atoms with Gasteiger partial charge in [0.1, 0.15) is 11.8 Å². The van der Waals surface area contributed by atoms with Crippen molar-refractivity contribution >= 4 is 11.9 Å². The lowest BCUT2D eigenvalue weighted by atomic mass is 9.98. The molecule has 1 saturated heterocycles. The zero-order valence-electron chi connectivity index (χ0n) is 8.92. The second-order valence-corrected chi connectivity index (χ2v) is 3.79. The Morgan fingerprint density at radius 3 is 2.94 bits per heavy atom. The van der Waals surface area contributed by atoms with E-state index in [9.17, 15) is 9.59 Å². The Morgan fingerprint density at radius 2 is 2.44 bits per heavy atom. The summed E-state index contributed by atoms with van der Waals surface area (Å²) in [6, 6.07) is 2.94. The first-order chi connectivity index (χ1) is 7.65. The molecule has 1 aromatic heterocycles. The Kier molecular flexibility index (Phi) is 2.68. The summed E-state index contributed by atoms with van der Waals surface area (Å²) in [6.45, 7) is 2.33. The van der Waals surface area contributed by atoms with Crippen LogP contribution in [0.25, 0.3) is 0 Å². The largest absolute Gasteiger partial charge is 0.481 e. The molecule has 0 aromatic carbocycles. The highest BCUT2D eigenvalue weighted by atomic mass is 16.4. The third-order valence-corrected chi connectivity index (χ3v) is 2.92. The SMILES string of the molecule is CCN1C(=O)CC(C(=O)O)C1c1ccco1. The van der Waals surface area contributed by atoms with Crippen molar-refractivity contribution < 1.29 is 19.1 Å². The number of furan rings is 1. The predicted octanol–water partition coefficient (Wildman–Crippen LogP) is 1.27. The number of carboxylic acid groups (broad SMARTS) is 1. The fourth-order valence-electron chi connectivity index (χ4n) is 2.20. The van der Waals surface area contributed by atoms with Gasteiger partial charge in [-0.05, 0) is 19.1 Å². The molecule has 5 heteroatoms. The van der Waals surface area contributed by atoms with E-state index in [1.165, 1.54) is 6.26 Å². The summed E-state index contributed by atoms with van der Waals surface area (Å²) in [5.74, 6) is -1.25. The van der Waals surface area contributed by atoms with E-state index in [1.54, 1.807) is 17.0 Å². The lowest BCUT2D eigenvalue weighted by Crippen LogP contribution is -2.30. The highest BCUT2D eigenvalue weighted by molar-refractivity contribution is 5.87. The van der Waals surface area contributed by atoms with Gasteiger partial charge in [-0.3, -0.25) is 9.59 Å². The summed E-state index contributed by atoms with van der Waals surface area (Å²) >= 11 is 0. The van der Waals surface area contributed by atoms with Gasteiger partial charge >= 0.3 is 5.97 Å². The maximum atomic E-state index is 11.6. The van der Waals surface area contributed by atoms with Crippen LogP contribution in [0.15, 0.2) is 22.8 Å². The maximum Gasteiger partial charge on any atom is 0.309 e. The molecule has 0 aliphatic carbocycles. The first kappa shape index (κ1) is 10.7. The van der Waals surface area contributed by atoms with Crippen molar-refractivity contribution in [2.45, 2.75) is 19.4 Å². The van der Waals surface area contributed by atoms with Crippen LogP contribution in [0.1, 0.15) is 25.1 Å². The van der Waals surface area contributed by atoms with Crippen LogP contribution >= 0.6 is 0 Å². The molecule has 1 aromatic rings. The van der Waals surface area contributed by atoms with Gasteiger partial charge in [0.05, 0.1) is 12.2 Å². The summed E-state index contributed by atoms with van der Waals surface area (Å²) in [5.41, 5.74) is 0. The van der Waals surface area contributed by atoms with Crippen molar-refractivity contribution in [3.05, 3.63) is 24.2 Å². The average molecular weight is 223 g/mol. The number of likely N-dealkylation sites (tertiary alicyclic amines) is 1. The van der Waals surface area contributed by atoms with Gasteiger partial charge in [0.15, 0.2) is 0 Å². The van der Waals surface area contributed by atoms with Crippen molar-refractivity contribution in [1.29, 1.82) is 0 Å². The summed E-state index contributed by atoms with van der Waals surface area (Å²) in [7, 11) is 0. The summed E-state index contributed by atoms with van der Waals surface area (Å²) in [4.78, 5) is 24.3. The quantitative estimate of drug-likeness (QED) is 0.837. The van der Waals surface area contributed by atoms with Crippen molar-refractivity contribution in [3.8, 4) is 0 Å². The van der Waals surface area contributed by atoms with E-state index in [0.29, 0.717) is 12.3 Å². The molecule has 5 nitrogen and oxygen atoms in total. The number of carboxylic acids is 1. The highest BCUT2D eigenvalue weighted by Crippen LogP contribution is 2.38. The first-order valence-electron chi connectivity index (χ1n) is 5.20. The smallest absolute Gasteiger partial charge is 0.309 e. The minimum absolute atomic E-state index is 0.0501. The van der Waals surface area contributed by atoms with Gasteiger partial charge < -0.3 is 14.4 Å². The van der Waals surface area contributed by atoms with E-state index in [4.69, 9.17) is 9.52 Å². The zero-order chi connectivity index (χ0) is 11.7. The zero-order valence-corrected chi connectivity index (χ0v) is 8.92. The van der Waals surface area contributed by atoms with Crippen LogP contribution in [-0.2, 0) is 9.59 Å². The third kappa shape index (κ3) is 1.58. The summed E-state index contributed by atoms with van der Waals surface area (Å²) in [5, 5.41) is 9.09. The minimum atomic E-state index is -0.953.